The standard InChI is InChI=1S/C16H12N4O2S.H2/c1-9-7-11(10(2)22-9)15(21)20-16-19-14(13(8-17)23-16)12-5-3-4-6-18-12;/h3-7H,1-2H3,(H,19,20,21);1H. The van der Waals surface area contributed by atoms with Crippen LogP contribution in [0.5, 0.6) is 0 Å². The van der Waals surface area contributed by atoms with Gasteiger partial charge in [-0.15, -0.1) is 0 Å². The summed E-state index contributed by atoms with van der Waals surface area (Å²) in [5.41, 5.74) is 1.51. The van der Waals surface area contributed by atoms with Crippen molar-refractivity contribution in [3.05, 3.63) is 52.4 Å². The second kappa shape index (κ2) is 6.02. The molecule has 0 fully saturated rings. The largest absolute Gasteiger partial charge is 0.466 e. The van der Waals surface area contributed by atoms with Crippen molar-refractivity contribution in [3.8, 4) is 17.5 Å². The number of anilines is 1. The third-order valence-electron chi connectivity index (χ3n) is 3.14. The van der Waals surface area contributed by atoms with E-state index in [0.717, 1.165) is 11.3 Å². The molecule has 0 atom stereocenters. The van der Waals surface area contributed by atoms with Gasteiger partial charge in [-0.3, -0.25) is 15.1 Å². The van der Waals surface area contributed by atoms with Crippen molar-refractivity contribution >= 4 is 22.4 Å². The third-order valence-corrected chi connectivity index (χ3v) is 4.02. The van der Waals surface area contributed by atoms with Crippen molar-refractivity contribution in [2.45, 2.75) is 13.8 Å². The molecule has 0 saturated heterocycles. The Bertz CT molecular complexity index is 912. The van der Waals surface area contributed by atoms with Gasteiger partial charge in [-0.1, -0.05) is 17.4 Å². The van der Waals surface area contributed by atoms with Gasteiger partial charge >= 0.3 is 0 Å². The average Bonchev–Trinajstić information content (AvgIpc) is 3.10. The fourth-order valence-electron chi connectivity index (χ4n) is 2.15. The molecule has 23 heavy (non-hydrogen) atoms. The summed E-state index contributed by atoms with van der Waals surface area (Å²) in [6.07, 6.45) is 1.63. The number of nitrogens with one attached hydrogen (secondary N) is 1. The van der Waals surface area contributed by atoms with Crippen LogP contribution in [0, 0.1) is 25.2 Å². The van der Waals surface area contributed by atoms with E-state index in [0.29, 0.717) is 38.5 Å². The number of furan rings is 1. The van der Waals surface area contributed by atoms with Crippen LogP contribution in [0.1, 0.15) is 28.2 Å². The van der Waals surface area contributed by atoms with E-state index in [1.165, 1.54) is 0 Å². The first-order chi connectivity index (χ1) is 11.1. The van der Waals surface area contributed by atoms with Crippen molar-refractivity contribution in [3.63, 3.8) is 0 Å². The Balaban J connectivity index is 0.00000208. The summed E-state index contributed by atoms with van der Waals surface area (Å²) < 4.78 is 5.35. The van der Waals surface area contributed by atoms with Crippen LogP contribution in [-0.4, -0.2) is 15.9 Å². The highest BCUT2D eigenvalue weighted by Crippen LogP contribution is 2.29. The summed E-state index contributed by atoms with van der Waals surface area (Å²) in [6, 6.07) is 9.13. The van der Waals surface area contributed by atoms with Gasteiger partial charge in [-0.05, 0) is 32.0 Å². The van der Waals surface area contributed by atoms with Gasteiger partial charge < -0.3 is 4.42 Å². The first-order valence-electron chi connectivity index (χ1n) is 6.79. The fraction of sp³-hybridized carbons (Fsp3) is 0.125. The number of carbonyl (C=O) groups excluding carboxylic acids is 1. The number of pyridine rings is 1. The molecule has 0 aliphatic carbocycles. The third kappa shape index (κ3) is 2.98. The van der Waals surface area contributed by atoms with Gasteiger partial charge in [0.15, 0.2) is 5.13 Å². The molecule has 0 radical (unpaired) electrons. The molecular formula is C16H14N4O2S. The van der Waals surface area contributed by atoms with Gasteiger partial charge in [0.05, 0.1) is 11.3 Å². The normalized spacial score (nSPS) is 10.3. The van der Waals surface area contributed by atoms with E-state index in [-0.39, 0.29) is 7.33 Å². The lowest BCUT2D eigenvalue weighted by atomic mass is 10.2. The fourth-order valence-corrected chi connectivity index (χ4v) is 2.91. The number of hydrogen-bond acceptors (Lipinski definition) is 6. The highest BCUT2D eigenvalue weighted by atomic mass is 32.1. The molecule has 6 nitrogen and oxygen atoms in total. The monoisotopic (exact) mass is 326 g/mol. The van der Waals surface area contributed by atoms with Gasteiger partial charge in [0.1, 0.15) is 28.2 Å². The zero-order valence-corrected chi connectivity index (χ0v) is 13.3. The lowest BCUT2D eigenvalue weighted by Crippen LogP contribution is -2.11. The number of nitrogens with zero attached hydrogens (tertiary/aromatic N) is 3. The van der Waals surface area contributed by atoms with Crippen LogP contribution in [0.3, 0.4) is 0 Å². The molecule has 3 rings (SSSR count). The molecule has 3 aromatic rings. The number of carbonyl (C=O) groups is 1. The highest BCUT2D eigenvalue weighted by molar-refractivity contribution is 7.16. The van der Waals surface area contributed by atoms with E-state index in [2.05, 4.69) is 21.4 Å². The predicted molar refractivity (Wildman–Crippen MR) is 88.3 cm³/mol. The van der Waals surface area contributed by atoms with Gasteiger partial charge in [-0.2, -0.15) is 5.26 Å². The average molecular weight is 326 g/mol. The maximum Gasteiger partial charge on any atom is 0.260 e. The molecule has 0 saturated carbocycles. The smallest absolute Gasteiger partial charge is 0.260 e. The Morgan fingerprint density at radius 2 is 2.26 bits per heavy atom. The number of thiazole rings is 1. The predicted octanol–water partition coefficient (Wildman–Crippen LogP) is 3.78. The van der Waals surface area contributed by atoms with Crippen molar-refractivity contribution in [2.75, 3.05) is 5.32 Å². The van der Waals surface area contributed by atoms with Gasteiger partial charge in [0.2, 0.25) is 0 Å². The zero-order chi connectivity index (χ0) is 16.4. The molecule has 0 unspecified atom stereocenters. The van der Waals surface area contributed by atoms with E-state index >= 15 is 0 Å². The molecule has 1 N–H and O–H groups in total. The van der Waals surface area contributed by atoms with Crippen LogP contribution in [0.15, 0.2) is 34.9 Å². The van der Waals surface area contributed by atoms with E-state index in [4.69, 9.17) is 4.42 Å². The summed E-state index contributed by atoms with van der Waals surface area (Å²) in [4.78, 5) is 21.2. The summed E-state index contributed by atoms with van der Waals surface area (Å²) in [5.74, 6) is 0.894. The van der Waals surface area contributed by atoms with Crippen LogP contribution in [0.4, 0.5) is 5.13 Å². The number of aryl methyl sites for hydroxylation is 2. The van der Waals surface area contributed by atoms with E-state index < -0.39 is 0 Å². The van der Waals surface area contributed by atoms with Crippen LogP contribution < -0.4 is 5.32 Å². The number of amides is 1. The van der Waals surface area contributed by atoms with Crippen LogP contribution in [0.2, 0.25) is 0 Å². The van der Waals surface area contributed by atoms with Crippen molar-refractivity contribution in [2.24, 2.45) is 0 Å². The highest BCUT2D eigenvalue weighted by Gasteiger charge is 2.18. The molecular weight excluding hydrogens is 312 g/mol. The van der Waals surface area contributed by atoms with Gasteiger partial charge in [0, 0.05) is 7.62 Å². The Morgan fingerprint density at radius 3 is 2.87 bits per heavy atom. The van der Waals surface area contributed by atoms with Crippen molar-refractivity contribution < 1.29 is 10.6 Å². The van der Waals surface area contributed by atoms with Crippen molar-refractivity contribution in [1.82, 2.24) is 9.97 Å². The topological polar surface area (TPSA) is 91.8 Å². The Kier molecular flexibility index (Phi) is 3.91. The summed E-state index contributed by atoms with van der Waals surface area (Å²) >= 11 is 1.12. The Morgan fingerprint density at radius 1 is 1.43 bits per heavy atom. The molecule has 3 aromatic heterocycles. The van der Waals surface area contributed by atoms with E-state index in [9.17, 15) is 10.1 Å². The van der Waals surface area contributed by atoms with Gasteiger partial charge in [0.25, 0.3) is 5.91 Å². The summed E-state index contributed by atoms with van der Waals surface area (Å²) in [5, 5.41) is 12.3. The number of hydrogen-bond donors (Lipinski definition) is 1. The SMILES string of the molecule is Cc1cc(C(=O)Nc2nc(-c3ccccn3)c(C#N)s2)c(C)o1.[HH]. The first-order valence-corrected chi connectivity index (χ1v) is 7.61. The summed E-state index contributed by atoms with van der Waals surface area (Å²) in [7, 11) is 0. The minimum atomic E-state index is -0.315. The van der Waals surface area contributed by atoms with E-state index in [1.54, 1.807) is 38.2 Å². The van der Waals surface area contributed by atoms with Crippen LogP contribution in [0.25, 0.3) is 11.4 Å². The summed E-state index contributed by atoms with van der Waals surface area (Å²) in [6.45, 7) is 3.50. The van der Waals surface area contributed by atoms with Gasteiger partial charge in [-0.25, -0.2) is 4.98 Å². The molecule has 3 heterocycles. The minimum absolute atomic E-state index is 0. The molecule has 1 amide bonds. The molecule has 0 aliphatic rings. The Hall–Kier alpha value is -2.98. The lowest BCUT2D eigenvalue weighted by molar-refractivity contribution is 0.102. The second-order valence-corrected chi connectivity index (χ2v) is 5.80. The second-order valence-electron chi connectivity index (χ2n) is 4.80. The molecule has 7 heteroatoms. The molecule has 116 valence electrons. The first kappa shape index (κ1) is 14.9. The van der Waals surface area contributed by atoms with Crippen LogP contribution in [-0.2, 0) is 0 Å². The van der Waals surface area contributed by atoms with Crippen LogP contribution >= 0.6 is 11.3 Å². The molecule has 0 bridgehead atoms. The quantitative estimate of drug-likeness (QED) is 0.790. The Labute approximate surface area is 137 Å². The van der Waals surface area contributed by atoms with Crippen molar-refractivity contribution in [1.29, 1.82) is 5.26 Å². The zero-order valence-electron chi connectivity index (χ0n) is 12.5. The number of aromatic nitrogens is 2. The number of nitriles is 1. The number of rotatable bonds is 3. The van der Waals surface area contributed by atoms with E-state index in [1.807, 2.05) is 6.07 Å². The maximum absolute atomic E-state index is 12.3. The lowest BCUT2D eigenvalue weighted by Gasteiger charge is -1.99. The maximum atomic E-state index is 12.3. The molecule has 0 aliphatic heterocycles. The molecule has 0 spiro atoms. The minimum Gasteiger partial charge on any atom is -0.466 e. The molecule has 0 aromatic carbocycles.